The molecule has 3 aromatic rings. The van der Waals surface area contributed by atoms with Gasteiger partial charge < -0.3 is 14.6 Å². The lowest BCUT2D eigenvalue weighted by Crippen LogP contribution is -2.33. The first kappa shape index (κ1) is 19.6. The number of para-hydroxylation sites is 1. The Hall–Kier alpha value is -2.70. The molecule has 6 nitrogen and oxygen atoms in total. The summed E-state index contributed by atoms with van der Waals surface area (Å²) >= 11 is 12.5. The fourth-order valence-electron chi connectivity index (χ4n) is 3.72. The van der Waals surface area contributed by atoms with Crippen molar-refractivity contribution in [2.45, 2.75) is 6.42 Å². The minimum absolute atomic E-state index is 0.0511. The summed E-state index contributed by atoms with van der Waals surface area (Å²) in [4.78, 5) is 31.7. The van der Waals surface area contributed by atoms with Crippen molar-refractivity contribution in [1.29, 1.82) is 0 Å². The number of carbonyl (C=O) groups is 2. The van der Waals surface area contributed by atoms with Crippen LogP contribution in [0.1, 0.15) is 16.1 Å². The Kier molecular flexibility index (Phi) is 5.39. The van der Waals surface area contributed by atoms with E-state index in [9.17, 15) is 9.59 Å². The lowest BCUT2D eigenvalue weighted by atomic mass is 10.1. The Balaban J connectivity index is 1.60. The fraction of sp³-hybridized carbons (Fsp3) is 0.238. The van der Waals surface area contributed by atoms with Gasteiger partial charge in [0.05, 0.1) is 12.1 Å². The number of hydrogen-bond donors (Lipinski definition) is 1. The minimum atomic E-state index is -0.484. The summed E-state index contributed by atoms with van der Waals surface area (Å²) in [6.07, 6.45) is 0.458. The van der Waals surface area contributed by atoms with E-state index < -0.39 is 5.97 Å². The Bertz CT molecular complexity index is 1080. The van der Waals surface area contributed by atoms with Gasteiger partial charge in [-0.05, 0) is 36.2 Å². The summed E-state index contributed by atoms with van der Waals surface area (Å²) in [6.45, 7) is 1.69. The van der Waals surface area contributed by atoms with Crippen molar-refractivity contribution in [3.63, 3.8) is 0 Å². The highest BCUT2D eigenvalue weighted by Crippen LogP contribution is 2.33. The molecule has 1 aliphatic heterocycles. The van der Waals surface area contributed by atoms with Crippen LogP contribution >= 0.6 is 23.2 Å². The van der Waals surface area contributed by atoms with E-state index in [1.165, 1.54) is 7.11 Å². The van der Waals surface area contributed by atoms with Crippen molar-refractivity contribution in [3.05, 3.63) is 63.8 Å². The molecule has 0 atom stereocenters. The van der Waals surface area contributed by atoms with E-state index in [2.05, 4.69) is 4.98 Å². The van der Waals surface area contributed by atoms with Gasteiger partial charge in [-0.1, -0.05) is 41.4 Å². The molecule has 2 aromatic carbocycles. The normalized spacial score (nSPS) is 14.1. The zero-order chi connectivity index (χ0) is 20.5. The van der Waals surface area contributed by atoms with Gasteiger partial charge in [0.1, 0.15) is 5.69 Å². The van der Waals surface area contributed by atoms with Gasteiger partial charge in [-0.2, -0.15) is 0 Å². The number of halogens is 2. The molecule has 0 unspecified atom stereocenters. The molecule has 0 radical (unpaired) electrons. The Labute approximate surface area is 177 Å². The summed E-state index contributed by atoms with van der Waals surface area (Å²) in [6, 6.07) is 12.9. The summed E-state index contributed by atoms with van der Waals surface area (Å²) in [5.41, 5.74) is 2.59. The predicted octanol–water partition coefficient (Wildman–Crippen LogP) is 4.75. The molecule has 150 valence electrons. The Morgan fingerprint density at radius 3 is 2.66 bits per heavy atom. The van der Waals surface area contributed by atoms with Crippen molar-refractivity contribution in [1.82, 2.24) is 9.88 Å². The molecule has 1 saturated heterocycles. The van der Waals surface area contributed by atoms with Crippen LogP contribution < -0.4 is 4.90 Å². The van der Waals surface area contributed by atoms with Crippen LogP contribution in [0.2, 0.25) is 10.0 Å². The molecular weight excluding hydrogens is 413 g/mol. The Morgan fingerprint density at radius 2 is 1.93 bits per heavy atom. The molecular formula is C21H19Cl2N3O3. The van der Waals surface area contributed by atoms with Gasteiger partial charge in [0.15, 0.2) is 0 Å². The van der Waals surface area contributed by atoms with Crippen LogP contribution in [0, 0.1) is 0 Å². The number of rotatable bonds is 5. The molecule has 1 fully saturated rings. The molecule has 8 heteroatoms. The average Bonchev–Trinajstić information content (AvgIpc) is 3.26. The number of hydrogen-bond acceptors (Lipinski definition) is 3. The number of methoxy groups -OCH3 is 1. The van der Waals surface area contributed by atoms with Crippen molar-refractivity contribution >= 4 is 51.8 Å². The van der Waals surface area contributed by atoms with Gasteiger partial charge in [-0.15, -0.1) is 0 Å². The minimum Gasteiger partial charge on any atom is -0.464 e. The van der Waals surface area contributed by atoms with Crippen molar-refractivity contribution in [3.8, 4) is 0 Å². The third kappa shape index (κ3) is 3.66. The average molecular weight is 432 g/mol. The first-order valence-corrected chi connectivity index (χ1v) is 9.94. The molecule has 1 aromatic heterocycles. The van der Waals surface area contributed by atoms with E-state index in [4.69, 9.17) is 27.9 Å². The highest BCUT2D eigenvalue weighted by Gasteiger charge is 2.30. The number of carbonyl (C=O) groups excluding carboxylic acids is 2. The second kappa shape index (κ2) is 7.97. The SMILES string of the molecule is COC(=O)c1[nH]c2cc(Cl)cc(Cl)c2c1CCN1CCN(c2ccccc2)C1=O. The van der Waals surface area contributed by atoms with Crippen LogP contribution in [0.3, 0.4) is 0 Å². The molecule has 0 saturated carbocycles. The molecule has 29 heavy (non-hydrogen) atoms. The zero-order valence-corrected chi connectivity index (χ0v) is 17.3. The number of amides is 2. The molecule has 4 rings (SSSR count). The number of anilines is 1. The second-order valence-corrected chi connectivity index (χ2v) is 7.63. The molecule has 1 aliphatic rings. The molecule has 0 spiro atoms. The smallest absolute Gasteiger partial charge is 0.354 e. The maximum absolute atomic E-state index is 12.8. The number of nitrogens with one attached hydrogen (secondary N) is 1. The van der Waals surface area contributed by atoms with Crippen LogP contribution in [0.15, 0.2) is 42.5 Å². The summed E-state index contributed by atoms with van der Waals surface area (Å²) in [5, 5.41) is 1.65. The van der Waals surface area contributed by atoms with Crippen LogP contribution in [0.25, 0.3) is 10.9 Å². The Morgan fingerprint density at radius 1 is 1.17 bits per heavy atom. The molecule has 2 heterocycles. The van der Waals surface area contributed by atoms with Gasteiger partial charge in [0.2, 0.25) is 0 Å². The largest absolute Gasteiger partial charge is 0.464 e. The predicted molar refractivity (Wildman–Crippen MR) is 114 cm³/mol. The van der Waals surface area contributed by atoms with Crippen molar-refractivity contribution < 1.29 is 14.3 Å². The highest BCUT2D eigenvalue weighted by atomic mass is 35.5. The van der Waals surface area contributed by atoms with Gasteiger partial charge in [-0.3, -0.25) is 4.90 Å². The van der Waals surface area contributed by atoms with E-state index >= 15 is 0 Å². The summed E-state index contributed by atoms with van der Waals surface area (Å²) in [7, 11) is 1.33. The molecule has 0 aliphatic carbocycles. The second-order valence-electron chi connectivity index (χ2n) is 6.79. The van der Waals surface area contributed by atoms with E-state index in [1.54, 1.807) is 21.9 Å². The van der Waals surface area contributed by atoms with Gasteiger partial charge in [0.25, 0.3) is 0 Å². The quantitative estimate of drug-likeness (QED) is 0.592. The maximum atomic E-state index is 12.8. The number of nitrogens with zero attached hydrogens (tertiary/aromatic N) is 2. The van der Waals surface area contributed by atoms with Crippen molar-refractivity contribution in [2.24, 2.45) is 0 Å². The number of fused-ring (bicyclic) bond motifs is 1. The molecule has 1 N–H and O–H groups in total. The summed E-state index contributed by atoms with van der Waals surface area (Å²) in [5.74, 6) is -0.484. The van der Waals surface area contributed by atoms with E-state index in [0.29, 0.717) is 47.3 Å². The van der Waals surface area contributed by atoms with E-state index in [0.717, 1.165) is 16.6 Å². The standard InChI is InChI=1S/C21H19Cl2N3O3/c1-29-20(27)19-15(18-16(23)11-13(22)12-17(18)24-19)7-8-25-9-10-26(21(25)28)14-5-3-2-4-6-14/h2-6,11-12,24H,7-10H2,1H3. The number of H-pyrrole nitrogens is 1. The van der Waals surface area contributed by atoms with Crippen LogP contribution in [-0.2, 0) is 11.2 Å². The first-order valence-electron chi connectivity index (χ1n) is 9.19. The number of benzene rings is 2. The third-order valence-electron chi connectivity index (χ3n) is 5.10. The van der Waals surface area contributed by atoms with Crippen LogP contribution in [0.5, 0.6) is 0 Å². The lowest BCUT2D eigenvalue weighted by molar-refractivity contribution is 0.0594. The molecule has 2 amide bonds. The van der Waals surface area contributed by atoms with Gasteiger partial charge >= 0.3 is 12.0 Å². The lowest BCUT2D eigenvalue weighted by Gasteiger charge is -2.19. The van der Waals surface area contributed by atoms with Gasteiger partial charge in [-0.25, -0.2) is 9.59 Å². The fourth-order valence-corrected chi connectivity index (χ4v) is 4.33. The highest BCUT2D eigenvalue weighted by molar-refractivity contribution is 6.39. The van der Waals surface area contributed by atoms with E-state index in [-0.39, 0.29) is 6.03 Å². The topological polar surface area (TPSA) is 65.6 Å². The third-order valence-corrected chi connectivity index (χ3v) is 5.62. The monoisotopic (exact) mass is 431 g/mol. The number of aromatic nitrogens is 1. The number of esters is 1. The van der Waals surface area contributed by atoms with Crippen LogP contribution in [-0.4, -0.2) is 48.6 Å². The van der Waals surface area contributed by atoms with Crippen molar-refractivity contribution in [2.75, 3.05) is 31.6 Å². The van der Waals surface area contributed by atoms with E-state index in [1.807, 2.05) is 30.3 Å². The number of urea groups is 1. The maximum Gasteiger partial charge on any atom is 0.354 e. The summed E-state index contributed by atoms with van der Waals surface area (Å²) < 4.78 is 4.91. The molecule has 0 bridgehead atoms. The number of ether oxygens (including phenoxy) is 1. The zero-order valence-electron chi connectivity index (χ0n) is 15.7. The van der Waals surface area contributed by atoms with Gasteiger partial charge in [0, 0.05) is 41.2 Å². The first-order chi connectivity index (χ1) is 14.0. The number of aromatic amines is 1. The van der Waals surface area contributed by atoms with Crippen LogP contribution in [0.4, 0.5) is 10.5 Å².